The van der Waals surface area contributed by atoms with Crippen LogP contribution in [0.1, 0.15) is 32.3 Å². The molecule has 0 aromatic heterocycles. The smallest absolute Gasteiger partial charge is 0.326 e. The van der Waals surface area contributed by atoms with Crippen LogP contribution in [0.3, 0.4) is 0 Å². The second-order valence-corrected chi connectivity index (χ2v) is 8.67. The number of carboxylic acids is 1. The standard InChI is InChI=1S/C22H33N5O6S/c1-12(2)8-17(22(32)33)27-21(31)16(10-18(24)28)26-20(30)15(25-19(29)14(23)11-34)9-13-6-4-3-5-7-13/h3-7,12,14-17,34H,8-11,23H2,1-2H3,(H2,24,28)(H,25,29)(H,26,30)(H,27,31)(H,32,33). The third kappa shape index (κ3) is 10.2. The number of carbonyl (C=O) groups excluding carboxylic acids is 4. The summed E-state index contributed by atoms with van der Waals surface area (Å²) in [4.78, 5) is 61.2. The van der Waals surface area contributed by atoms with Gasteiger partial charge in [-0.15, -0.1) is 0 Å². The van der Waals surface area contributed by atoms with Crippen LogP contribution in [0, 0.1) is 5.92 Å². The summed E-state index contributed by atoms with van der Waals surface area (Å²) < 4.78 is 0. The van der Waals surface area contributed by atoms with Gasteiger partial charge in [0.05, 0.1) is 12.5 Å². The number of primary amides is 1. The molecule has 4 unspecified atom stereocenters. The van der Waals surface area contributed by atoms with Crippen LogP contribution in [0.15, 0.2) is 30.3 Å². The van der Waals surface area contributed by atoms with Crippen LogP contribution in [0.5, 0.6) is 0 Å². The highest BCUT2D eigenvalue weighted by Crippen LogP contribution is 2.08. The van der Waals surface area contributed by atoms with Gasteiger partial charge in [0.1, 0.15) is 18.1 Å². The number of nitrogens with two attached hydrogens (primary N) is 2. The highest BCUT2D eigenvalue weighted by Gasteiger charge is 2.31. The number of thiol groups is 1. The number of hydrogen-bond donors (Lipinski definition) is 7. The summed E-state index contributed by atoms with van der Waals surface area (Å²) in [5.41, 5.74) is 11.7. The second kappa shape index (κ2) is 14.2. The lowest BCUT2D eigenvalue weighted by atomic mass is 10.0. The maximum atomic E-state index is 13.1. The maximum absolute atomic E-state index is 13.1. The molecule has 0 aliphatic rings. The van der Waals surface area contributed by atoms with Crippen LogP contribution in [-0.2, 0) is 30.4 Å². The molecule has 1 aromatic rings. The summed E-state index contributed by atoms with van der Waals surface area (Å²) in [5.74, 6) is -4.38. The van der Waals surface area contributed by atoms with Gasteiger partial charge < -0.3 is 32.5 Å². The average molecular weight is 496 g/mol. The Hall–Kier alpha value is -3.12. The SMILES string of the molecule is CC(C)CC(NC(=O)C(CC(N)=O)NC(=O)C(Cc1ccccc1)NC(=O)C(N)CS)C(=O)O. The molecule has 0 saturated heterocycles. The zero-order chi connectivity index (χ0) is 25.8. The van der Waals surface area contributed by atoms with Crippen molar-refractivity contribution in [2.45, 2.75) is 57.3 Å². The van der Waals surface area contributed by atoms with Crippen molar-refractivity contribution in [3.05, 3.63) is 35.9 Å². The fourth-order valence-corrected chi connectivity index (χ4v) is 3.23. The molecule has 0 spiro atoms. The van der Waals surface area contributed by atoms with E-state index in [1.165, 1.54) is 0 Å². The van der Waals surface area contributed by atoms with Crippen LogP contribution in [-0.4, -0.2) is 64.6 Å². The fraction of sp³-hybridized carbons (Fsp3) is 0.500. The number of rotatable bonds is 14. The van der Waals surface area contributed by atoms with Crippen molar-refractivity contribution in [1.29, 1.82) is 0 Å². The lowest BCUT2D eigenvalue weighted by Crippen LogP contribution is -2.58. The summed E-state index contributed by atoms with van der Waals surface area (Å²) >= 11 is 3.98. The molecule has 8 N–H and O–H groups in total. The number of nitrogens with one attached hydrogen (secondary N) is 3. The molecule has 0 heterocycles. The van der Waals surface area contributed by atoms with Crippen molar-refractivity contribution in [1.82, 2.24) is 16.0 Å². The molecule has 0 aliphatic heterocycles. The number of carbonyl (C=O) groups is 5. The minimum atomic E-state index is -1.44. The first-order valence-corrected chi connectivity index (χ1v) is 11.4. The number of carboxylic acid groups (broad SMARTS) is 1. The highest BCUT2D eigenvalue weighted by molar-refractivity contribution is 7.80. The van der Waals surface area contributed by atoms with Gasteiger partial charge in [-0.05, 0) is 17.9 Å². The first-order chi connectivity index (χ1) is 15.9. The van der Waals surface area contributed by atoms with Gasteiger partial charge in [-0.1, -0.05) is 44.2 Å². The van der Waals surface area contributed by atoms with Crippen molar-refractivity contribution < 1.29 is 29.1 Å². The Morgan fingerprint density at radius 1 is 0.912 bits per heavy atom. The van der Waals surface area contributed by atoms with E-state index in [9.17, 15) is 29.1 Å². The first kappa shape index (κ1) is 28.9. The molecule has 188 valence electrons. The minimum absolute atomic E-state index is 0.0351. The van der Waals surface area contributed by atoms with Gasteiger partial charge in [-0.3, -0.25) is 19.2 Å². The zero-order valence-electron chi connectivity index (χ0n) is 19.2. The number of aliphatic carboxylic acids is 1. The second-order valence-electron chi connectivity index (χ2n) is 8.30. The van der Waals surface area contributed by atoms with E-state index in [4.69, 9.17) is 11.5 Å². The summed E-state index contributed by atoms with van der Waals surface area (Å²) in [6.45, 7) is 3.58. The molecule has 11 nitrogen and oxygen atoms in total. The molecule has 34 heavy (non-hydrogen) atoms. The third-order valence-electron chi connectivity index (χ3n) is 4.81. The van der Waals surface area contributed by atoms with Gasteiger partial charge in [0.25, 0.3) is 0 Å². The quantitative estimate of drug-likeness (QED) is 0.160. The van der Waals surface area contributed by atoms with Crippen LogP contribution in [0.4, 0.5) is 0 Å². The van der Waals surface area contributed by atoms with Gasteiger partial charge in [0.15, 0.2) is 0 Å². The maximum Gasteiger partial charge on any atom is 0.326 e. The Bertz CT molecular complexity index is 867. The van der Waals surface area contributed by atoms with E-state index in [0.717, 1.165) is 5.56 Å². The Kier molecular flexibility index (Phi) is 12.1. The third-order valence-corrected chi connectivity index (χ3v) is 5.20. The summed E-state index contributed by atoms with van der Waals surface area (Å²) in [6.07, 6.45) is -0.339. The van der Waals surface area contributed by atoms with Gasteiger partial charge in [0, 0.05) is 12.2 Å². The Morgan fingerprint density at radius 2 is 1.44 bits per heavy atom. The van der Waals surface area contributed by atoms with Crippen molar-refractivity contribution >= 4 is 42.2 Å². The van der Waals surface area contributed by atoms with Gasteiger partial charge >= 0.3 is 5.97 Å². The first-order valence-electron chi connectivity index (χ1n) is 10.8. The molecular formula is C22H33N5O6S. The molecule has 1 aromatic carbocycles. The van der Waals surface area contributed by atoms with Gasteiger partial charge in [-0.25, -0.2) is 4.79 Å². The van der Waals surface area contributed by atoms with Crippen LogP contribution in [0.25, 0.3) is 0 Å². The molecule has 0 bridgehead atoms. The van der Waals surface area contributed by atoms with Crippen LogP contribution >= 0.6 is 12.6 Å². The molecule has 0 aliphatic carbocycles. The summed E-state index contributed by atoms with van der Waals surface area (Å²) in [7, 11) is 0. The molecule has 0 saturated carbocycles. The Morgan fingerprint density at radius 3 is 1.94 bits per heavy atom. The van der Waals surface area contributed by atoms with E-state index in [2.05, 4.69) is 28.6 Å². The number of amides is 4. The van der Waals surface area contributed by atoms with Gasteiger partial charge in [0.2, 0.25) is 23.6 Å². The van der Waals surface area contributed by atoms with Crippen LogP contribution in [0.2, 0.25) is 0 Å². The average Bonchev–Trinajstić information content (AvgIpc) is 2.76. The van der Waals surface area contributed by atoms with Crippen molar-refractivity contribution in [2.75, 3.05) is 5.75 Å². The van der Waals surface area contributed by atoms with E-state index in [-0.39, 0.29) is 24.5 Å². The molecular weight excluding hydrogens is 462 g/mol. The molecule has 12 heteroatoms. The Labute approximate surface area is 203 Å². The molecule has 0 fully saturated rings. The lowest BCUT2D eigenvalue weighted by Gasteiger charge is -2.25. The monoisotopic (exact) mass is 495 g/mol. The predicted molar refractivity (Wildman–Crippen MR) is 129 cm³/mol. The molecule has 4 atom stereocenters. The van der Waals surface area contributed by atoms with E-state index >= 15 is 0 Å². The largest absolute Gasteiger partial charge is 0.480 e. The summed E-state index contributed by atoms with van der Waals surface area (Å²) in [5, 5.41) is 16.7. The fourth-order valence-electron chi connectivity index (χ4n) is 3.07. The topological polar surface area (TPSA) is 194 Å². The normalized spacial score (nSPS) is 14.4. The lowest BCUT2D eigenvalue weighted by molar-refractivity contribution is -0.143. The van der Waals surface area contributed by atoms with E-state index in [1.54, 1.807) is 44.2 Å². The van der Waals surface area contributed by atoms with Crippen molar-refractivity contribution in [3.63, 3.8) is 0 Å². The minimum Gasteiger partial charge on any atom is -0.480 e. The Balaban J connectivity index is 3.08. The van der Waals surface area contributed by atoms with E-state index < -0.39 is 60.2 Å². The van der Waals surface area contributed by atoms with Crippen molar-refractivity contribution in [2.24, 2.45) is 17.4 Å². The highest BCUT2D eigenvalue weighted by atomic mass is 32.1. The molecule has 1 rings (SSSR count). The van der Waals surface area contributed by atoms with Gasteiger partial charge in [-0.2, -0.15) is 12.6 Å². The zero-order valence-corrected chi connectivity index (χ0v) is 20.1. The van der Waals surface area contributed by atoms with Crippen LogP contribution < -0.4 is 27.4 Å². The predicted octanol–water partition coefficient (Wildman–Crippen LogP) is -1.05. The summed E-state index contributed by atoms with van der Waals surface area (Å²) in [6, 6.07) is 4.06. The van der Waals surface area contributed by atoms with E-state index in [1.807, 2.05) is 0 Å². The van der Waals surface area contributed by atoms with Crippen molar-refractivity contribution in [3.8, 4) is 0 Å². The number of hydrogen-bond acceptors (Lipinski definition) is 7. The number of benzene rings is 1. The molecule has 4 amide bonds. The van der Waals surface area contributed by atoms with E-state index in [0.29, 0.717) is 0 Å². The molecule has 0 radical (unpaired) electrons.